The Bertz CT molecular complexity index is 522. The number of rotatable bonds is 2. The molecule has 1 aromatic rings. The highest BCUT2D eigenvalue weighted by molar-refractivity contribution is 5.94. The Morgan fingerprint density at radius 3 is 2.89 bits per heavy atom. The zero-order valence-corrected chi connectivity index (χ0v) is 11.5. The second-order valence-electron chi connectivity index (χ2n) is 5.26. The highest BCUT2D eigenvalue weighted by atomic mass is 16.2. The van der Waals surface area contributed by atoms with Crippen molar-refractivity contribution in [3.63, 3.8) is 0 Å². The number of nitrogens with zero attached hydrogens (tertiary/aromatic N) is 2. The normalized spacial score (nSPS) is 21.2. The van der Waals surface area contributed by atoms with Crippen LogP contribution in [0.3, 0.4) is 0 Å². The van der Waals surface area contributed by atoms with Crippen LogP contribution in [0.2, 0.25) is 0 Å². The maximum Gasteiger partial charge on any atom is 0.263 e. The number of piperidine rings is 1. The van der Waals surface area contributed by atoms with E-state index in [0.29, 0.717) is 6.54 Å². The lowest BCUT2D eigenvalue weighted by Crippen LogP contribution is -2.52. The number of pyridine rings is 1. The van der Waals surface area contributed by atoms with Crippen LogP contribution in [0.1, 0.15) is 36.5 Å². The van der Waals surface area contributed by atoms with E-state index in [1.54, 1.807) is 30.3 Å². The van der Waals surface area contributed by atoms with Gasteiger partial charge in [-0.3, -0.25) is 9.59 Å². The first kappa shape index (κ1) is 13.8. The molecule has 0 radical (unpaired) electrons. The third kappa shape index (κ3) is 2.71. The predicted molar refractivity (Wildman–Crippen MR) is 74.0 cm³/mol. The number of carbonyl (C=O) groups is 1. The van der Waals surface area contributed by atoms with Crippen LogP contribution in [0.4, 0.5) is 0 Å². The van der Waals surface area contributed by atoms with Gasteiger partial charge in [0.05, 0.1) is 0 Å². The first-order chi connectivity index (χ1) is 9.02. The average molecular weight is 263 g/mol. The van der Waals surface area contributed by atoms with Gasteiger partial charge in [0, 0.05) is 31.9 Å². The Kier molecular flexibility index (Phi) is 4.04. The van der Waals surface area contributed by atoms with E-state index in [9.17, 15) is 9.59 Å². The van der Waals surface area contributed by atoms with Gasteiger partial charge in [0.1, 0.15) is 5.56 Å². The summed E-state index contributed by atoms with van der Waals surface area (Å²) in [5.74, 6) is -0.191. The maximum absolute atomic E-state index is 12.5. The highest BCUT2D eigenvalue weighted by Gasteiger charge is 2.30. The smallest absolute Gasteiger partial charge is 0.263 e. The molecule has 5 heteroatoms. The molecule has 104 valence electrons. The maximum atomic E-state index is 12.5. The lowest BCUT2D eigenvalue weighted by Gasteiger charge is -2.38. The van der Waals surface area contributed by atoms with Crippen molar-refractivity contribution in [1.82, 2.24) is 9.47 Å². The van der Waals surface area contributed by atoms with Gasteiger partial charge < -0.3 is 15.2 Å². The van der Waals surface area contributed by atoms with Crippen LogP contribution in [-0.4, -0.2) is 34.0 Å². The van der Waals surface area contributed by atoms with E-state index in [4.69, 9.17) is 5.73 Å². The molecule has 1 aliphatic heterocycles. The lowest BCUT2D eigenvalue weighted by atomic mass is 9.96. The molecule has 1 saturated heterocycles. The number of hydrogen-bond acceptors (Lipinski definition) is 3. The number of aryl methyl sites for hydroxylation is 1. The van der Waals surface area contributed by atoms with Crippen molar-refractivity contribution in [3.05, 3.63) is 34.2 Å². The quantitative estimate of drug-likeness (QED) is 0.855. The molecule has 1 aromatic heterocycles. The van der Waals surface area contributed by atoms with Gasteiger partial charge in [-0.1, -0.05) is 0 Å². The molecule has 0 unspecified atom stereocenters. The Hall–Kier alpha value is -1.62. The topological polar surface area (TPSA) is 68.3 Å². The Labute approximate surface area is 113 Å². The van der Waals surface area contributed by atoms with Gasteiger partial charge in [-0.05, 0) is 38.3 Å². The van der Waals surface area contributed by atoms with Crippen LogP contribution in [0.15, 0.2) is 23.1 Å². The number of amides is 1. The molecule has 1 aliphatic rings. The third-order valence-corrected chi connectivity index (χ3v) is 3.77. The van der Waals surface area contributed by atoms with Crippen molar-refractivity contribution in [1.29, 1.82) is 0 Å². The second kappa shape index (κ2) is 5.57. The van der Waals surface area contributed by atoms with Gasteiger partial charge in [-0.25, -0.2) is 0 Å². The molecule has 5 nitrogen and oxygen atoms in total. The number of hydrogen-bond donors (Lipinski definition) is 1. The monoisotopic (exact) mass is 263 g/mol. The van der Waals surface area contributed by atoms with Crippen LogP contribution in [0.5, 0.6) is 0 Å². The fraction of sp³-hybridized carbons (Fsp3) is 0.571. The summed E-state index contributed by atoms with van der Waals surface area (Å²) in [5, 5.41) is 0. The molecule has 2 atom stereocenters. The lowest BCUT2D eigenvalue weighted by molar-refractivity contribution is 0.0581. The molecule has 19 heavy (non-hydrogen) atoms. The number of carbonyl (C=O) groups excluding carboxylic acids is 1. The summed E-state index contributed by atoms with van der Waals surface area (Å²) >= 11 is 0. The van der Waals surface area contributed by atoms with Gasteiger partial charge in [-0.15, -0.1) is 0 Å². The Morgan fingerprint density at radius 2 is 2.21 bits per heavy atom. The average Bonchev–Trinajstić information content (AvgIpc) is 2.41. The van der Waals surface area contributed by atoms with E-state index < -0.39 is 0 Å². The fourth-order valence-electron chi connectivity index (χ4n) is 2.67. The van der Waals surface area contributed by atoms with Gasteiger partial charge in [0.15, 0.2) is 0 Å². The summed E-state index contributed by atoms with van der Waals surface area (Å²) in [6, 6.07) is 3.28. The zero-order chi connectivity index (χ0) is 14.0. The van der Waals surface area contributed by atoms with E-state index in [2.05, 4.69) is 0 Å². The molecule has 1 amide bonds. The summed E-state index contributed by atoms with van der Waals surface area (Å²) in [7, 11) is 1.65. The predicted octanol–water partition coefficient (Wildman–Crippen LogP) is 0.727. The number of nitrogens with two attached hydrogens (primary N) is 1. The van der Waals surface area contributed by atoms with Gasteiger partial charge in [-0.2, -0.15) is 0 Å². The first-order valence-electron chi connectivity index (χ1n) is 6.74. The summed E-state index contributed by atoms with van der Waals surface area (Å²) in [5.41, 5.74) is 5.95. The minimum atomic E-state index is -0.249. The van der Waals surface area contributed by atoms with Crippen molar-refractivity contribution in [2.45, 2.75) is 38.3 Å². The molecule has 1 fully saturated rings. The Morgan fingerprint density at radius 1 is 1.47 bits per heavy atom. The van der Waals surface area contributed by atoms with Crippen LogP contribution in [-0.2, 0) is 7.05 Å². The first-order valence-corrected chi connectivity index (χ1v) is 6.74. The summed E-state index contributed by atoms with van der Waals surface area (Å²) < 4.78 is 1.43. The van der Waals surface area contributed by atoms with E-state index in [1.165, 1.54) is 4.57 Å². The molecule has 0 bridgehead atoms. The summed E-state index contributed by atoms with van der Waals surface area (Å²) in [6.07, 6.45) is 4.62. The van der Waals surface area contributed by atoms with E-state index in [-0.39, 0.29) is 29.1 Å². The molecule has 2 N–H and O–H groups in total. The van der Waals surface area contributed by atoms with Gasteiger partial charge in [0.2, 0.25) is 0 Å². The SMILES string of the molecule is C[C@H](N)[C@@H]1CCCCN1C(=O)c1cccn(C)c1=O. The van der Waals surface area contributed by atoms with E-state index in [1.807, 2.05) is 6.92 Å². The minimum absolute atomic E-state index is 0.0335. The molecule has 0 spiro atoms. The van der Waals surface area contributed by atoms with Crippen LogP contribution >= 0.6 is 0 Å². The summed E-state index contributed by atoms with van der Waals surface area (Å²) in [4.78, 5) is 26.3. The number of likely N-dealkylation sites (tertiary alicyclic amines) is 1. The van der Waals surface area contributed by atoms with Crippen LogP contribution < -0.4 is 11.3 Å². The van der Waals surface area contributed by atoms with Crippen molar-refractivity contribution in [2.75, 3.05) is 6.54 Å². The van der Waals surface area contributed by atoms with Crippen molar-refractivity contribution < 1.29 is 4.79 Å². The molecular formula is C14H21N3O2. The van der Waals surface area contributed by atoms with E-state index >= 15 is 0 Å². The molecule has 0 aromatic carbocycles. The zero-order valence-electron chi connectivity index (χ0n) is 11.5. The molecule has 0 saturated carbocycles. The fourth-order valence-corrected chi connectivity index (χ4v) is 2.67. The van der Waals surface area contributed by atoms with E-state index in [0.717, 1.165) is 19.3 Å². The van der Waals surface area contributed by atoms with Gasteiger partial charge in [0.25, 0.3) is 11.5 Å². The standard InChI is InChI=1S/C14H21N3O2/c1-10(15)12-7-3-4-9-17(12)14(19)11-6-5-8-16(2)13(11)18/h5-6,8,10,12H,3-4,7,9,15H2,1-2H3/t10-,12-/m0/s1. The molecule has 2 rings (SSSR count). The minimum Gasteiger partial charge on any atom is -0.334 e. The molecule has 0 aliphatic carbocycles. The molecule has 2 heterocycles. The van der Waals surface area contributed by atoms with Crippen molar-refractivity contribution >= 4 is 5.91 Å². The number of aromatic nitrogens is 1. The highest BCUT2D eigenvalue weighted by Crippen LogP contribution is 2.20. The largest absolute Gasteiger partial charge is 0.334 e. The van der Waals surface area contributed by atoms with Crippen molar-refractivity contribution in [2.24, 2.45) is 12.8 Å². The second-order valence-corrected chi connectivity index (χ2v) is 5.26. The Balaban J connectivity index is 2.32. The van der Waals surface area contributed by atoms with Crippen LogP contribution in [0, 0.1) is 0 Å². The summed E-state index contributed by atoms with van der Waals surface area (Å²) in [6.45, 7) is 2.60. The molecular weight excluding hydrogens is 242 g/mol. The van der Waals surface area contributed by atoms with Gasteiger partial charge >= 0.3 is 0 Å². The van der Waals surface area contributed by atoms with Crippen molar-refractivity contribution in [3.8, 4) is 0 Å². The third-order valence-electron chi connectivity index (χ3n) is 3.77. The van der Waals surface area contributed by atoms with Crippen LogP contribution in [0.25, 0.3) is 0 Å².